The number of anilines is 1. The molecule has 0 saturated carbocycles. The van der Waals surface area contributed by atoms with Crippen LogP contribution in [0.3, 0.4) is 0 Å². The largest absolute Gasteiger partial charge is 0.452 e. The molecule has 1 heterocycles. The number of halogens is 1. The number of amides is 1. The van der Waals surface area contributed by atoms with Crippen LogP contribution in [0.1, 0.15) is 27.3 Å². The molecule has 0 fully saturated rings. The van der Waals surface area contributed by atoms with Crippen LogP contribution in [0.15, 0.2) is 48.5 Å². The van der Waals surface area contributed by atoms with Gasteiger partial charge < -0.3 is 10.1 Å². The van der Waals surface area contributed by atoms with E-state index in [1.807, 2.05) is 57.2 Å². The zero-order valence-corrected chi connectivity index (χ0v) is 18.0. The molecule has 28 heavy (non-hydrogen) atoms. The number of nitrogens with zero attached hydrogens (tertiary/aromatic N) is 2. The van der Waals surface area contributed by atoms with Crippen molar-refractivity contribution >= 4 is 40.2 Å². The predicted octanol–water partition coefficient (Wildman–Crippen LogP) is 4.20. The molecule has 0 atom stereocenters. The maximum atomic E-state index is 12.3. The first-order valence-corrected chi connectivity index (χ1v) is 9.79. The van der Waals surface area contributed by atoms with Crippen LogP contribution in [-0.2, 0) is 9.53 Å². The summed E-state index contributed by atoms with van der Waals surface area (Å²) in [4.78, 5) is 24.3. The van der Waals surface area contributed by atoms with Gasteiger partial charge in [-0.1, -0.05) is 17.7 Å². The minimum absolute atomic E-state index is 0.362. The SMILES string of the molecule is Cc1ccc(-n2nc(C)c(NC(=O)COC(=O)c3ccc(I)cc3)c2C)cc1. The molecule has 6 nitrogen and oxygen atoms in total. The first-order chi connectivity index (χ1) is 13.3. The maximum Gasteiger partial charge on any atom is 0.338 e. The van der Waals surface area contributed by atoms with E-state index < -0.39 is 11.9 Å². The van der Waals surface area contributed by atoms with Crippen LogP contribution in [0.4, 0.5) is 5.69 Å². The van der Waals surface area contributed by atoms with Crippen molar-refractivity contribution in [1.29, 1.82) is 0 Å². The number of nitrogens with one attached hydrogen (secondary N) is 1. The van der Waals surface area contributed by atoms with Crippen molar-refractivity contribution in [3.63, 3.8) is 0 Å². The van der Waals surface area contributed by atoms with Gasteiger partial charge in [0.15, 0.2) is 6.61 Å². The molecule has 2 aromatic carbocycles. The highest BCUT2D eigenvalue weighted by Gasteiger charge is 2.16. The number of hydrogen-bond acceptors (Lipinski definition) is 4. The van der Waals surface area contributed by atoms with Crippen molar-refractivity contribution in [1.82, 2.24) is 9.78 Å². The van der Waals surface area contributed by atoms with Gasteiger partial charge >= 0.3 is 5.97 Å². The number of carbonyl (C=O) groups excluding carboxylic acids is 2. The lowest BCUT2D eigenvalue weighted by Gasteiger charge is -2.08. The Morgan fingerprint density at radius 2 is 1.68 bits per heavy atom. The van der Waals surface area contributed by atoms with Crippen molar-refractivity contribution in [2.24, 2.45) is 0 Å². The summed E-state index contributed by atoms with van der Waals surface area (Å²) in [5.74, 6) is -0.941. The summed E-state index contributed by atoms with van der Waals surface area (Å²) < 4.78 is 7.90. The number of ether oxygens (including phenoxy) is 1. The highest BCUT2D eigenvalue weighted by molar-refractivity contribution is 14.1. The first kappa shape index (κ1) is 20.1. The molecular weight excluding hydrogens is 469 g/mol. The lowest BCUT2D eigenvalue weighted by Crippen LogP contribution is -2.21. The molecule has 0 aliphatic heterocycles. The molecule has 0 aliphatic rings. The van der Waals surface area contributed by atoms with E-state index in [-0.39, 0.29) is 6.61 Å². The van der Waals surface area contributed by atoms with Crippen LogP contribution in [0.5, 0.6) is 0 Å². The summed E-state index contributed by atoms with van der Waals surface area (Å²) in [5, 5.41) is 7.30. The molecule has 0 saturated heterocycles. The van der Waals surface area contributed by atoms with E-state index in [9.17, 15) is 9.59 Å². The predicted molar refractivity (Wildman–Crippen MR) is 116 cm³/mol. The number of aromatic nitrogens is 2. The summed E-state index contributed by atoms with van der Waals surface area (Å²) in [6.07, 6.45) is 0. The van der Waals surface area contributed by atoms with E-state index in [4.69, 9.17) is 4.74 Å². The molecule has 3 aromatic rings. The number of rotatable bonds is 5. The molecule has 7 heteroatoms. The average molecular weight is 489 g/mol. The lowest BCUT2D eigenvalue weighted by atomic mass is 10.2. The molecule has 0 unspecified atom stereocenters. The monoisotopic (exact) mass is 489 g/mol. The summed E-state index contributed by atoms with van der Waals surface area (Å²) >= 11 is 2.15. The Hall–Kier alpha value is -2.68. The fraction of sp³-hybridized carbons (Fsp3) is 0.190. The summed E-state index contributed by atoms with van der Waals surface area (Å²) in [5.41, 5.74) is 4.60. The minimum Gasteiger partial charge on any atom is -0.452 e. The molecule has 1 amide bonds. The third-order valence-electron chi connectivity index (χ3n) is 4.25. The number of esters is 1. The quantitative estimate of drug-likeness (QED) is 0.431. The van der Waals surface area contributed by atoms with Gasteiger partial charge in [0.05, 0.1) is 28.3 Å². The van der Waals surface area contributed by atoms with Crippen LogP contribution in [0, 0.1) is 24.3 Å². The fourth-order valence-corrected chi connectivity index (χ4v) is 3.10. The lowest BCUT2D eigenvalue weighted by molar-refractivity contribution is -0.119. The van der Waals surface area contributed by atoms with E-state index in [0.717, 1.165) is 20.5 Å². The molecule has 0 radical (unpaired) electrons. The van der Waals surface area contributed by atoms with Gasteiger partial charge in [0, 0.05) is 3.57 Å². The molecule has 3 rings (SSSR count). The molecule has 1 N–H and O–H groups in total. The van der Waals surface area contributed by atoms with Gasteiger partial charge in [-0.05, 0) is 79.8 Å². The number of hydrogen-bond donors (Lipinski definition) is 1. The van der Waals surface area contributed by atoms with Crippen molar-refractivity contribution < 1.29 is 14.3 Å². The Morgan fingerprint density at radius 3 is 2.32 bits per heavy atom. The highest BCUT2D eigenvalue weighted by Crippen LogP contribution is 2.23. The van der Waals surface area contributed by atoms with Gasteiger partial charge in [0.25, 0.3) is 5.91 Å². The second-order valence-corrected chi connectivity index (χ2v) is 7.67. The molecule has 0 aliphatic carbocycles. The third kappa shape index (κ3) is 4.59. The second-order valence-electron chi connectivity index (χ2n) is 6.42. The van der Waals surface area contributed by atoms with Crippen LogP contribution < -0.4 is 5.32 Å². The van der Waals surface area contributed by atoms with E-state index >= 15 is 0 Å². The molecule has 144 valence electrons. The van der Waals surface area contributed by atoms with Crippen molar-refractivity contribution in [2.75, 3.05) is 11.9 Å². The molecule has 0 bridgehead atoms. The normalized spacial score (nSPS) is 10.6. The zero-order chi connectivity index (χ0) is 20.3. The van der Waals surface area contributed by atoms with Gasteiger partial charge in [0.1, 0.15) is 0 Å². The van der Waals surface area contributed by atoms with Crippen molar-refractivity contribution in [2.45, 2.75) is 20.8 Å². The Kier molecular flexibility index (Phi) is 6.13. The van der Waals surface area contributed by atoms with Crippen molar-refractivity contribution in [3.8, 4) is 5.69 Å². The van der Waals surface area contributed by atoms with Crippen LogP contribution in [0.25, 0.3) is 5.69 Å². The van der Waals surface area contributed by atoms with Crippen LogP contribution in [0.2, 0.25) is 0 Å². The minimum atomic E-state index is -0.532. The Bertz CT molecular complexity index is 1010. The fourth-order valence-electron chi connectivity index (χ4n) is 2.74. The van der Waals surface area contributed by atoms with E-state index in [1.165, 1.54) is 0 Å². The van der Waals surface area contributed by atoms with Gasteiger partial charge in [-0.15, -0.1) is 0 Å². The van der Waals surface area contributed by atoms with E-state index in [0.29, 0.717) is 16.9 Å². The third-order valence-corrected chi connectivity index (χ3v) is 4.97. The summed E-state index contributed by atoms with van der Waals surface area (Å²) in [6, 6.07) is 14.9. The van der Waals surface area contributed by atoms with E-state index in [2.05, 4.69) is 33.0 Å². The van der Waals surface area contributed by atoms with Crippen LogP contribution >= 0.6 is 22.6 Å². The molecular formula is C21H20IN3O3. The Morgan fingerprint density at radius 1 is 1.04 bits per heavy atom. The zero-order valence-electron chi connectivity index (χ0n) is 15.8. The average Bonchev–Trinajstić information content (AvgIpc) is 2.95. The number of benzene rings is 2. The molecule has 1 aromatic heterocycles. The number of aryl methyl sites for hydroxylation is 2. The van der Waals surface area contributed by atoms with Crippen molar-refractivity contribution in [3.05, 3.63) is 74.6 Å². The maximum absolute atomic E-state index is 12.3. The first-order valence-electron chi connectivity index (χ1n) is 8.71. The highest BCUT2D eigenvalue weighted by atomic mass is 127. The topological polar surface area (TPSA) is 73.2 Å². The van der Waals surface area contributed by atoms with Gasteiger partial charge in [0.2, 0.25) is 0 Å². The number of carbonyl (C=O) groups is 2. The van der Waals surface area contributed by atoms with Gasteiger partial charge in [-0.2, -0.15) is 5.10 Å². The summed E-state index contributed by atoms with van der Waals surface area (Å²) in [6.45, 7) is 5.37. The standard InChI is InChI=1S/C21H20IN3O3/c1-13-4-10-18(11-5-13)25-15(3)20(14(2)24-25)23-19(26)12-28-21(27)16-6-8-17(22)9-7-16/h4-11H,12H2,1-3H3,(H,23,26). The smallest absolute Gasteiger partial charge is 0.338 e. The van der Waals surface area contributed by atoms with Gasteiger partial charge in [-0.3, -0.25) is 4.79 Å². The Labute approximate surface area is 177 Å². The summed E-state index contributed by atoms with van der Waals surface area (Å²) in [7, 11) is 0. The second kappa shape index (κ2) is 8.55. The van der Waals surface area contributed by atoms with E-state index in [1.54, 1.807) is 16.8 Å². The van der Waals surface area contributed by atoms with Crippen LogP contribution in [-0.4, -0.2) is 28.3 Å². The molecule has 0 spiro atoms. The Balaban J connectivity index is 1.66. The van der Waals surface area contributed by atoms with Gasteiger partial charge in [-0.25, -0.2) is 9.48 Å².